The first-order valence-electron chi connectivity index (χ1n) is 6.11. The van der Waals surface area contributed by atoms with Crippen LogP contribution in [0.15, 0.2) is 53.4 Å². The van der Waals surface area contributed by atoms with Crippen molar-refractivity contribution >= 4 is 15.7 Å². The number of carbonyl (C=O) groups excluding carboxylic acids is 1. The fraction of sp³-hybridized carbons (Fsp3) is 0.0714. The smallest absolute Gasteiger partial charge is 0.456 e. The highest BCUT2D eigenvalue weighted by Gasteiger charge is 2.48. The largest absolute Gasteiger partial charge is 0.502 e. The number of primary amides is 1. The summed E-state index contributed by atoms with van der Waals surface area (Å²) in [5, 5.41) is 0. The number of carbonyl (C=O) groups is 1. The molecule has 0 atom stereocenters. The van der Waals surface area contributed by atoms with Crippen LogP contribution in [0.25, 0.3) is 0 Å². The van der Waals surface area contributed by atoms with Crippen LogP contribution in [0, 0.1) is 0 Å². The topological polar surface area (TPSA) is 86.5 Å². The predicted octanol–water partition coefficient (Wildman–Crippen LogP) is 2.87. The zero-order chi connectivity index (χ0) is 17.3. The summed E-state index contributed by atoms with van der Waals surface area (Å²) in [6.45, 7) is 0. The summed E-state index contributed by atoms with van der Waals surface area (Å²) in [5.74, 6) is -1.10. The van der Waals surface area contributed by atoms with E-state index >= 15 is 0 Å². The molecule has 2 aromatic carbocycles. The number of amides is 1. The van der Waals surface area contributed by atoms with Crippen LogP contribution in [0.2, 0.25) is 0 Å². The van der Waals surface area contributed by atoms with Gasteiger partial charge in [-0.2, -0.15) is 13.2 Å². The first-order chi connectivity index (χ1) is 10.6. The Kier molecular flexibility index (Phi) is 4.33. The van der Waals surface area contributed by atoms with E-state index in [2.05, 4.69) is 0 Å². The Hall–Kier alpha value is -2.55. The Labute approximate surface area is 129 Å². The van der Waals surface area contributed by atoms with Gasteiger partial charge in [0.25, 0.3) is 9.84 Å². The minimum atomic E-state index is -5.55. The molecule has 2 N–H and O–H groups in total. The second-order valence-electron chi connectivity index (χ2n) is 4.39. The van der Waals surface area contributed by atoms with Crippen molar-refractivity contribution in [2.24, 2.45) is 5.73 Å². The molecule has 0 radical (unpaired) electrons. The number of ether oxygens (including phenoxy) is 1. The molecule has 2 aromatic rings. The Bertz CT molecular complexity index is 830. The Morgan fingerprint density at radius 2 is 1.57 bits per heavy atom. The fourth-order valence-corrected chi connectivity index (χ4v) is 2.58. The van der Waals surface area contributed by atoms with Crippen molar-refractivity contribution in [3.63, 3.8) is 0 Å². The molecule has 5 nitrogen and oxygen atoms in total. The van der Waals surface area contributed by atoms with Gasteiger partial charge in [-0.25, -0.2) is 8.42 Å². The fourth-order valence-electron chi connectivity index (χ4n) is 1.70. The number of rotatable bonds is 4. The molecule has 0 spiro atoms. The highest BCUT2D eigenvalue weighted by Crippen LogP contribution is 2.37. The standard InChI is InChI=1S/C14H10F3NO4S/c15-14(16,17)23(20,21)12-4-2-1-3-11(12)22-10-7-5-9(6-8-10)13(18)19/h1-8H,(H2,18,19). The van der Waals surface area contributed by atoms with E-state index in [1.165, 1.54) is 30.3 Å². The van der Waals surface area contributed by atoms with Crippen LogP contribution in [0.4, 0.5) is 13.2 Å². The number of hydrogen-bond donors (Lipinski definition) is 1. The van der Waals surface area contributed by atoms with Gasteiger partial charge in [-0.1, -0.05) is 12.1 Å². The molecule has 0 heterocycles. The molecular weight excluding hydrogens is 335 g/mol. The number of halogens is 3. The lowest BCUT2D eigenvalue weighted by atomic mass is 10.2. The molecule has 0 unspecified atom stereocenters. The summed E-state index contributed by atoms with van der Waals surface area (Å²) in [5.41, 5.74) is -0.206. The maximum atomic E-state index is 12.7. The quantitative estimate of drug-likeness (QED) is 0.923. The van der Waals surface area contributed by atoms with Gasteiger partial charge in [-0.3, -0.25) is 4.79 Å². The second-order valence-corrected chi connectivity index (χ2v) is 6.30. The molecule has 122 valence electrons. The lowest BCUT2D eigenvalue weighted by Gasteiger charge is -2.13. The van der Waals surface area contributed by atoms with Gasteiger partial charge in [-0.15, -0.1) is 0 Å². The molecule has 23 heavy (non-hydrogen) atoms. The minimum absolute atomic E-state index is 0.0554. The lowest BCUT2D eigenvalue weighted by molar-refractivity contribution is -0.0437. The first kappa shape index (κ1) is 16.8. The molecule has 0 fully saturated rings. The highest BCUT2D eigenvalue weighted by atomic mass is 32.2. The summed E-state index contributed by atoms with van der Waals surface area (Å²) < 4.78 is 66.3. The maximum absolute atomic E-state index is 12.7. The van der Waals surface area contributed by atoms with Crippen LogP contribution < -0.4 is 10.5 Å². The van der Waals surface area contributed by atoms with E-state index in [0.717, 1.165) is 18.2 Å². The average Bonchev–Trinajstić information content (AvgIpc) is 2.47. The molecule has 1 amide bonds. The van der Waals surface area contributed by atoms with Gasteiger partial charge >= 0.3 is 5.51 Å². The van der Waals surface area contributed by atoms with Crippen LogP contribution in [0.1, 0.15) is 10.4 Å². The minimum Gasteiger partial charge on any atom is -0.456 e. The third kappa shape index (κ3) is 3.45. The summed E-state index contributed by atoms with van der Waals surface area (Å²) in [6.07, 6.45) is 0. The van der Waals surface area contributed by atoms with Gasteiger partial charge in [0.05, 0.1) is 0 Å². The van der Waals surface area contributed by atoms with Crippen molar-refractivity contribution in [2.45, 2.75) is 10.4 Å². The monoisotopic (exact) mass is 345 g/mol. The third-order valence-electron chi connectivity index (χ3n) is 2.81. The molecule has 0 saturated heterocycles. The van der Waals surface area contributed by atoms with Gasteiger partial charge in [-0.05, 0) is 36.4 Å². The van der Waals surface area contributed by atoms with Crippen molar-refractivity contribution < 1.29 is 31.1 Å². The van der Waals surface area contributed by atoms with Crippen LogP contribution in [-0.4, -0.2) is 19.8 Å². The van der Waals surface area contributed by atoms with Gasteiger partial charge in [0.2, 0.25) is 5.91 Å². The number of benzene rings is 2. The van der Waals surface area contributed by atoms with E-state index in [1.54, 1.807) is 0 Å². The second kappa shape index (κ2) is 5.92. The van der Waals surface area contributed by atoms with E-state index in [9.17, 15) is 26.4 Å². The molecule has 9 heteroatoms. The van der Waals surface area contributed by atoms with Crippen LogP contribution in [0.5, 0.6) is 11.5 Å². The van der Waals surface area contributed by atoms with Crippen molar-refractivity contribution in [1.29, 1.82) is 0 Å². The first-order valence-corrected chi connectivity index (χ1v) is 7.59. The molecule has 0 bridgehead atoms. The zero-order valence-corrected chi connectivity index (χ0v) is 12.2. The number of hydrogen-bond acceptors (Lipinski definition) is 4. The van der Waals surface area contributed by atoms with Crippen LogP contribution >= 0.6 is 0 Å². The number of nitrogens with two attached hydrogens (primary N) is 1. The molecule has 0 aliphatic carbocycles. The van der Waals surface area contributed by atoms with Crippen molar-refractivity contribution in [3.8, 4) is 11.5 Å². The maximum Gasteiger partial charge on any atom is 0.502 e. The van der Waals surface area contributed by atoms with E-state index in [4.69, 9.17) is 10.5 Å². The predicted molar refractivity (Wildman–Crippen MR) is 74.7 cm³/mol. The van der Waals surface area contributed by atoms with Gasteiger partial charge in [0.15, 0.2) is 0 Å². The van der Waals surface area contributed by atoms with E-state index in [1.807, 2.05) is 0 Å². The molecule has 0 aliphatic heterocycles. The third-order valence-corrected chi connectivity index (χ3v) is 4.34. The van der Waals surface area contributed by atoms with Crippen LogP contribution in [0.3, 0.4) is 0 Å². The Morgan fingerprint density at radius 1 is 1.00 bits per heavy atom. The normalized spacial score (nSPS) is 12.0. The summed E-state index contributed by atoms with van der Waals surface area (Å²) >= 11 is 0. The molecule has 2 rings (SSSR count). The number of sulfone groups is 1. The van der Waals surface area contributed by atoms with Gasteiger partial charge < -0.3 is 10.5 Å². The molecule has 0 aliphatic rings. The average molecular weight is 345 g/mol. The SMILES string of the molecule is NC(=O)c1ccc(Oc2ccccc2S(=O)(=O)C(F)(F)F)cc1. The summed E-state index contributed by atoms with van der Waals surface area (Å²) in [6, 6.07) is 9.58. The van der Waals surface area contributed by atoms with Crippen molar-refractivity contribution in [1.82, 2.24) is 0 Å². The van der Waals surface area contributed by atoms with E-state index in [0.29, 0.717) is 0 Å². The Balaban J connectivity index is 2.41. The van der Waals surface area contributed by atoms with Gasteiger partial charge in [0, 0.05) is 5.56 Å². The zero-order valence-electron chi connectivity index (χ0n) is 11.4. The molecular formula is C14H10F3NO4S. The summed E-state index contributed by atoms with van der Waals surface area (Å²) in [7, 11) is -5.55. The summed E-state index contributed by atoms with van der Waals surface area (Å²) in [4.78, 5) is 9.95. The lowest BCUT2D eigenvalue weighted by Crippen LogP contribution is -2.23. The van der Waals surface area contributed by atoms with Crippen molar-refractivity contribution in [2.75, 3.05) is 0 Å². The Morgan fingerprint density at radius 3 is 2.09 bits per heavy atom. The van der Waals surface area contributed by atoms with Gasteiger partial charge in [0.1, 0.15) is 16.4 Å². The van der Waals surface area contributed by atoms with E-state index < -0.39 is 31.9 Å². The van der Waals surface area contributed by atoms with E-state index in [-0.39, 0.29) is 11.3 Å². The molecule has 0 aromatic heterocycles. The highest BCUT2D eigenvalue weighted by molar-refractivity contribution is 7.92. The van der Waals surface area contributed by atoms with Crippen molar-refractivity contribution in [3.05, 3.63) is 54.1 Å². The van der Waals surface area contributed by atoms with Crippen LogP contribution in [-0.2, 0) is 9.84 Å². The number of para-hydroxylation sites is 1. The number of alkyl halides is 3. The molecule has 0 saturated carbocycles.